The van der Waals surface area contributed by atoms with E-state index in [1.54, 1.807) is 19.1 Å². The van der Waals surface area contributed by atoms with Crippen LogP contribution in [-0.4, -0.2) is 29.4 Å². The average molecular weight is 280 g/mol. The third-order valence-electron chi connectivity index (χ3n) is 2.55. The molecular formula is C15H20O5. The van der Waals surface area contributed by atoms with Crippen LogP contribution < -0.4 is 4.74 Å². The molecule has 0 fully saturated rings. The number of aliphatic carboxylic acids is 1. The van der Waals surface area contributed by atoms with Crippen molar-refractivity contribution >= 4 is 12.0 Å². The predicted molar refractivity (Wildman–Crippen MR) is 75.7 cm³/mol. The molecule has 0 heterocycles. The van der Waals surface area contributed by atoms with Gasteiger partial charge in [-0.05, 0) is 37.1 Å². The summed E-state index contributed by atoms with van der Waals surface area (Å²) in [4.78, 5) is 11.0. The minimum absolute atomic E-state index is 0.0338. The third kappa shape index (κ3) is 4.84. The lowest BCUT2D eigenvalue weighted by Gasteiger charge is -2.09. The van der Waals surface area contributed by atoms with E-state index in [4.69, 9.17) is 14.6 Å². The van der Waals surface area contributed by atoms with Crippen molar-refractivity contribution in [1.29, 1.82) is 0 Å². The number of carbonyl (C=O) groups is 1. The van der Waals surface area contributed by atoms with Crippen LogP contribution in [0.5, 0.6) is 11.5 Å². The number of benzene rings is 1. The minimum Gasteiger partial charge on any atom is -0.504 e. The number of carboxylic acid groups (broad SMARTS) is 1. The van der Waals surface area contributed by atoms with Crippen LogP contribution in [0.1, 0.15) is 32.3 Å². The van der Waals surface area contributed by atoms with E-state index >= 15 is 0 Å². The topological polar surface area (TPSA) is 76.0 Å². The molecule has 0 amide bonds. The Hall–Kier alpha value is -2.17. The SMILES string of the molecule is CCCCOc1cc(C=C(OCC)C(=O)O)ccc1O. The number of aromatic hydroxyl groups is 1. The van der Waals surface area contributed by atoms with Gasteiger partial charge in [-0.1, -0.05) is 19.4 Å². The van der Waals surface area contributed by atoms with Gasteiger partial charge in [0.2, 0.25) is 5.76 Å². The molecule has 0 aliphatic rings. The molecule has 0 saturated carbocycles. The first-order valence-corrected chi connectivity index (χ1v) is 6.62. The molecule has 5 heteroatoms. The maximum absolute atomic E-state index is 11.0. The van der Waals surface area contributed by atoms with E-state index in [9.17, 15) is 9.90 Å². The van der Waals surface area contributed by atoms with E-state index in [2.05, 4.69) is 0 Å². The second kappa shape index (κ2) is 8.09. The highest BCUT2D eigenvalue weighted by atomic mass is 16.5. The average Bonchev–Trinajstić information content (AvgIpc) is 2.41. The van der Waals surface area contributed by atoms with Gasteiger partial charge in [0.05, 0.1) is 13.2 Å². The summed E-state index contributed by atoms with van der Waals surface area (Å²) in [6.45, 7) is 4.54. The second-order valence-electron chi connectivity index (χ2n) is 4.18. The molecule has 0 atom stereocenters. The number of phenols is 1. The highest BCUT2D eigenvalue weighted by molar-refractivity contribution is 5.90. The largest absolute Gasteiger partial charge is 0.504 e. The molecule has 0 radical (unpaired) electrons. The minimum atomic E-state index is -1.13. The zero-order valence-electron chi connectivity index (χ0n) is 11.8. The molecule has 0 unspecified atom stereocenters. The van der Waals surface area contributed by atoms with Crippen molar-refractivity contribution in [2.24, 2.45) is 0 Å². The van der Waals surface area contributed by atoms with Gasteiger partial charge in [0, 0.05) is 0 Å². The molecule has 0 aromatic heterocycles. The van der Waals surface area contributed by atoms with Crippen molar-refractivity contribution in [2.45, 2.75) is 26.7 Å². The molecule has 0 bridgehead atoms. The van der Waals surface area contributed by atoms with Crippen LogP contribution >= 0.6 is 0 Å². The van der Waals surface area contributed by atoms with Gasteiger partial charge in [0.1, 0.15) is 0 Å². The molecule has 1 rings (SSSR count). The lowest BCUT2D eigenvalue weighted by molar-refractivity contribution is -0.136. The van der Waals surface area contributed by atoms with Gasteiger partial charge in [-0.2, -0.15) is 0 Å². The first-order valence-electron chi connectivity index (χ1n) is 6.62. The van der Waals surface area contributed by atoms with Crippen LogP contribution in [0.3, 0.4) is 0 Å². The number of ether oxygens (including phenoxy) is 2. The molecule has 0 saturated heterocycles. The van der Waals surface area contributed by atoms with Crippen LogP contribution in [0.4, 0.5) is 0 Å². The molecule has 0 aliphatic carbocycles. The van der Waals surface area contributed by atoms with E-state index in [-0.39, 0.29) is 18.1 Å². The highest BCUT2D eigenvalue weighted by Gasteiger charge is 2.09. The van der Waals surface area contributed by atoms with Crippen LogP contribution in [-0.2, 0) is 9.53 Å². The Bertz CT molecular complexity index is 479. The van der Waals surface area contributed by atoms with Crippen LogP contribution in [0.2, 0.25) is 0 Å². The standard InChI is InChI=1S/C15H20O5/c1-3-5-8-20-13-9-11(6-7-12(13)16)10-14(15(17)18)19-4-2/h6-7,9-10,16H,3-5,8H2,1-2H3,(H,17,18). The summed E-state index contributed by atoms with van der Waals surface area (Å²) in [5.41, 5.74) is 0.597. The lowest BCUT2D eigenvalue weighted by Crippen LogP contribution is -2.04. The molecule has 2 N–H and O–H groups in total. The van der Waals surface area contributed by atoms with Crippen molar-refractivity contribution < 1.29 is 24.5 Å². The van der Waals surface area contributed by atoms with Crippen LogP contribution in [0.15, 0.2) is 24.0 Å². The maximum Gasteiger partial charge on any atom is 0.371 e. The first kappa shape index (κ1) is 15.9. The fraction of sp³-hybridized carbons (Fsp3) is 0.400. The van der Waals surface area contributed by atoms with Gasteiger partial charge in [0.15, 0.2) is 11.5 Å². The normalized spacial score (nSPS) is 11.2. The Labute approximate surface area is 118 Å². The number of unbranched alkanes of at least 4 members (excludes halogenated alkanes) is 1. The summed E-state index contributed by atoms with van der Waals surface area (Å²) in [7, 11) is 0. The van der Waals surface area contributed by atoms with Crippen LogP contribution in [0.25, 0.3) is 6.08 Å². The van der Waals surface area contributed by atoms with E-state index in [0.717, 1.165) is 12.8 Å². The Kier molecular flexibility index (Phi) is 6.43. The molecular weight excluding hydrogens is 260 g/mol. The van der Waals surface area contributed by atoms with Crippen molar-refractivity contribution in [3.05, 3.63) is 29.5 Å². The Morgan fingerprint density at radius 2 is 2.10 bits per heavy atom. The van der Waals surface area contributed by atoms with Gasteiger partial charge < -0.3 is 19.7 Å². The number of carboxylic acids is 1. The third-order valence-corrected chi connectivity index (χ3v) is 2.55. The van der Waals surface area contributed by atoms with Crippen molar-refractivity contribution in [2.75, 3.05) is 13.2 Å². The van der Waals surface area contributed by atoms with Gasteiger partial charge in [0.25, 0.3) is 0 Å². The number of rotatable bonds is 8. The zero-order chi connectivity index (χ0) is 15.0. The molecule has 0 spiro atoms. The van der Waals surface area contributed by atoms with Crippen LogP contribution in [0, 0.1) is 0 Å². The van der Waals surface area contributed by atoms with Crippen molar-refractivity contribution in [1.82, 2.24) is 0 Å². The van der Waals surface area contributed by atoms with E-state index in [1.165, 1.54) is 12.1 Å². The smallest absolute Gasteiger partial charge is 0.371 e. The fourth-order valence-corrected chi connectivity index (χ4v) is 1.53. The maximum atomic E-state index is 11.0. The van der Waals surface area contributed by atoms with Gasteiger partial charge in [-0.15, -0.1) is 0 Å². The molecule has 110 valence electrons. The van der Waals surface area contributed by atoms with Gasteiger partial charge >= 0.3 is 5.97 Å². The van der Waals surface area contributed by atoms with E-state index < -0.39 is 5.97 Å². The molecule has 20 heavy (non-hydrogen) atoms. The Balaban J connectivity index is 2.92. The summed E-state index contributed by atoms with van der Waals surface area (Å²) in [5, 5.41) is 18.7. The monoisotopic (exact) mass is 280 g/mol. The summed E-state index contributed by atoms with van der Waals surface area (Å²) in [6.07, 6.45) is 3.28. The van der Waals surface area contributed by atoms with Gasteiger partial charge in [-0.25, -0.2) is 4.79 Å². The molecule has 1 aromatic rings. The molecule has 5 nitrogen and oxygen atoms in total. The lowest BCUT2D eigenvalue weighted by atomic mass is 10.1. The van der Waals surface area contributed by atoms with Crippen molar-refractivity contribution in [3.8, 4) is 11.5 Å². The zero-order valence-corrected chi connectivity index (χ0v) is 11.8. The molecule has 0 aliphatic heterocycles. The highest BCUT2D eigenvalue weighted by Crippen LogP contribution is 2.28. The van der Waals surface area contributed by atoms with Crippen molar-refractivity contribution in [3.63, 3.8) is 0 Å². The van der Waals surface area contributed by atoms with E-state index in [1.807, 2.05) is 6.92 Å². The van der Waals surface area contributed by atoms with E-state index in [0.29, 0.717) is 17.9 Å². The number of phenolic OH excluding ortho intramolecular Hbond substituents is 1. The number of hydrogen-bond donors (Lipinski definition) is 2. The summed E-state index contributed by atoms with van der Waals surface area (Å²) >= 11 is 0. The molecule has 1 aromatic carbocycles. The van der Waals surface area contributed by atoms with Gasteiger partial charge in [-0.3, -0.25) is 0 Å². The summed E-state index contributed by atoms with van der Waals surface area (Å²) in [6, 6.07) is 4.66. The Morgan fingerprint density at radius 3 is 2.70 bits per heavy atom. The predicted octanol–water partition coefficient (Wildman–Crippen LogP) is 3.03. The number of hydrogen-bond acceptors (Lipinski definition) is 4. The Morgan fingerprint density at radius 1 is 1.35 bits per heavy atom. The fourth-order valence-electron chi connectivity index (χ4n) is 1.53. The quantitative estimate of drug-likeness (QED) is 0.435. The second-order valence-corrected chi connectivity index (χ2v) is 4.18. The summed E-state index contributed by atoms with van der Waals surface area (Å²) < 4.78 is 10.5. The first-order chi connectivity index (χ1) is 9.58. The summed E-state index contributed by atoms with van der Waals surface area (Å²) in [5.74, 6) is -0.897.